The van der Waals surface area contributed by atoms with Gasteiger partial charge in [0.25, 0.3) is 0 Å². The van der Waals surface area contributed by atoms with E-state index in [1.54, 1.807) is 16.0 Å². The van der Waals surface area contributed by atoms with Crippen LogP contribution in [0.4, 0.5) is 0 Å². The lowest BCUT2D eigenvalue weighted by Crippen LogP contribution is -2.01. The molecule has 0 unspecified atom stereocenters. The first-order chi connectivity index (χ1) is 8.29. The first-order valence-corrected chi connectivity index (χ1v) is 6.65. The maximum Gasteiger partial charge on any atom is 0.194 e. The van der Waals surface area contributed by atoms with E-state index in [9.17, 15) is 0 Å². The van der Waals surface area contributed by atoms with Crippen molar-refractivity contribution in [3.8, 4) is 0 Å². The van der Waals surface area contributed by atoms with E-state index < -0.39 is 0 Å². The highest BCUT2D eigenvalue weighted by Crippen LogP contribution is 2.29. The number of aromatic nitrogens is 5. The molecule has 2 N–H and O–H groups in total. The van der Waals surface area contributed by atoms with E-state index >= 15 is 0 Å². The van der Waals surface area contributed by atoms with Crippen LogP contribution in [0.1, 0.15) is 5.69 Å². The second-order valence-electron chi connectivity index (χ2n) is 3.39. The Kier molecular flexibility index (Phi) is 2.61. The Morgan fingerprint density at radius 3 is 3.12 bits per heavy atom. The minimum absolute atomic E-state index is 0.456. The maximum atomic E-state index is 5.77. The summed E-state index contributed by atoms with van der Waals surface area (Å²) < 4.78 is 3.74. The zero-order valence-electron chi connectivity index (χ0n) is 9.07. The van der Waals surface area contributed by atoms with Gasteiger partial charge >= 0.3 is 0 Å². The predicted octanol–water partition coefficient (Wildman–Crippen LogP) is 1.13. The summed E-state index contributed by atoms with van der Waals surface area (Å²) in [6.45, 7) is 0.456. The van der Waals surface area contributed by atoms with Gasteiger partial charge in [0.15, 0.2) is 10.1 Å². The van der Waals surface area contributed by atoms with Crippen molar-refractivity contribution in [2.24, 2.45) is 12.8 Å². The van der Waals surface area contributed by atoms with Crippen LogP contribution in [0.2, 0.25) is 0 Å². The summed E-state index contributed by atoms with van der Waals surface area (Å²) in [7, 11) is 1.86. The fraction of sp³-hybridized carbons (Fsp3) is 0.222. The van der Waals surface area contributed by atoms with Crippen LogP contribution in [0.15, 0.2) is 28.1 Å². The molecule has 8 heteroatoms. The van der Waals surface area contributed by atoms with Crippen LogP contribution >= 0.6 is 23.1 Å². The second-order valence-corrected chi connectivity index (χ2v) is 5.22. The van der Waals surface area contributed by atoms with E-state index in [4.69, 9.17) is 5.73 Å². The van der Waals surface area contributed by atoms with Crippen molar-refractivity contribution >= 4 is 28.1 Å². The van der Waals surface area contributed by atoms with Gasteiger partial charge in [-0.05, 0) is 11.8 Å². The van der Waals surface area contributed by atoms with Crippen LogP contribution in [0.25, 0.3) is 4.96 Å². The largest absolute Gasteiger partial charge is 0.325 e. The van der Waals surface area contributed by atoms with Gasteiger partial charge in [0.2, 0.25) is 0 Å². The summed E-state index contributed by atoms with van der Waals surface area (Å²) >= 11 is 3.08. The normalized spacial score (nSPS) is 11.4. The molecular weight excluding hydrogens is 256 g/mol. The zero-order valence-corrected chi connectivity index (χ0v) is 10.7. The molecule has 0 saturated heterocycles. The van der Waals surface area contributed by atoms with Crippen LogP contribution in [0.5, 0.6) is 0 Å². The van der Waals surface area contributed by atoms with Crippen LogP contribution in [-0.4, -0.2) is 24.1 Å². The van der Waals surface area contributed by atoms with E-state index in [2.05, 4.69) is 15.1 Å². The van der Waals surface area contributed by atoms with Crippen LogP contribution in [0.3, 0.4) is 0 Å². The summed E-state index contributed by atoms with van der Waals surface area (Å²) in [5.41, 5.74) is 6.78. The van der Waals surface area contributed by atoms with Crippen molar-refractivity contribution in [1.82, 2.24) is 24.1 Å². The Balaban J connectivity index is 2.05. The number of rotatable bonds is 3. The van der Waals surface area contributed by atoms with E-state index in [-0.39, 0.29) is 0 Å². The minimum Gasteiger partial charge on any atom is -0.325 e. The van der Waals surface area contributed by atoms with Crippen molar-refractivity contribution in [2.75, 3.05) is 0 Å². The Hall–Kier alpha value is -1.38. The molecule has 6 nitrogen and oxygen atoms in total. The van der Waals surface area contributed by atoms with Crippen molar-refractivity contribution in [2.45, 2.75) is 16.7 Å². The van der Waals surface area contributed by atoms with Crippen molar-refractivity contribution in [3.05, 3.63) is 23.6 Å². The van der Waals surface area contributed by atoms with Gasteiger partial charge in [-0.3, -0.25) is 4.40 Å². The van der Waals surface area contributed by atoms with E-state index in [1.165, 1.54) is 18.1 Å². The van der Waals surface area contributed by atoms with Crippen molar-refractivity contribution in [1.29, 1.82) is 0 Å². The maximum absolute atomic E-state index is 5.77. The molecule has 0 bridgehead atoms. The average Bonchev–Trinajstić information content (AvgIpc) is 2.96. The molecule has 0 aromatic carbocycles. The first-order valence-electron chi connectivity index (χ1n) is 4.96. The number of hydrogen-bond donors (Lipinski definition) is 1. The molecule has 0 saturated carbocycles. The molecule has 0 atom stereocenters. The fourth-order valence-electron chi connectivity index (χ4n) is 1.54. The molecule has 3 aromatic heterocycles. The van der Waals surface area contributed by atoms with Gasteiger partial charge in [0.1, 0.15) is 11.4 Å². The Bertz CT molecular complexity index is 651. The Morgan fingerprint density at radius 2 is 2.41 bits per heavy atom. The number of aryl methyl sites for hydroxylation is 1. The summed E-state index contributed by atoms with van der Waals surface area (Å²) in [5.74, 6) is 0. The van der Waals surface area contributed by atoms with E-state index in [0.29, 0.717) is 6.54 Å². The summed E-state index contributed by atoms with van der Waals surface area (Å²) in [6, 6.07) is 0. The first kappa shape index (κ1) is 10.8. The molecule has 0 spiro atoms. The molecular formula is C9H10N6S2. The van der Waals surface area contributed by atoms with E-state index in [1.807, 2.05) is 23.0 Å². The second kappa shape index (κ2) is 4.13. The van der Waals surface area contributed by atoms with Crippen molar-refractivity contribution in [3.63, 3.8) is 0 Å². The lowest BCUT2D eigenvalue weighted by Gasteiger charge is -2.00. The van der Waals surface area contributed by atoms with Crippen LogP contribution in [0, 0.1) is 0 Å². The third-order valence-corrected chi connectivity index (χ3v) is 4.20. The Labute approximate surface area is 105 Å². The summed E-state index contributed by atoms with van der Waals surface area (Å²) in [5, 5.41) is 7.74. The van der Waals surface area contributed by atoms with Gasteiger partial charge in [-0.25, -0.2) is 14.6 Å². The smallest absolute Gasteiger partial charge is 0.194 e. The van der Waals surface area contributed by atoms with Gasteiger partial charge in [-0.2, -0.15) is 5.10 Å². The van der Waals surface area contributed by atoms with Gasteiger partial charge < -0.3 is 5.73 Å². The molecule has 0 fully saturated rings. The SMILES string of the molecule is Cn1ncnc1Sc1nc2sccn2c1CN. The highest BCUT2D eigenvalue weighted by molar-refractivity contribution is 7.99. The molecule has 0 amide bonds. The molecule has 0 aliphatic carbocycles. The number of hydrogen-bond acceptors (Lipinski definition) is 6. The summed E-state index contributed by atoms with van der Waals surface area (Å²) in [4.78, 5) is 9.67. The minimum atomic E-state index is 0.456. The molecule has 17 heavy (non-hydrogen) atoms. The standard InChI is InChI=1S/C9H10N6S2/c1-14-8(11-5-12-14)17-7-6(4-10)15-2-3-16-9(15)13-7/h2-3,5H,4,10H2,1H3. The number of imidazole rings is 1. The molecule has 88 valence electrons. The van der Waals surface area contributed by atoms with Gasteiger partial charge in [0.05, 0.1) is 5.69 Å². The van der Waals surface area contributed by atoms with E-state index in [0.717, 1.165) is 20.8 Å². The van der Waals surface area contributed by atoms with Gasteiger partial charge in [-0.15, -0.1) is 11.3 Å². The molecule has 3 heterocycles. The number of thiazole rings is 1. The quantitative estimate of drug-likeness (QED) is 0.769. The lowest BCUT2D eigenvalue weighted by atomic mass is 10.5. The molecule has 0 aliphatic heterocycles. The highest BCUT2D eigenvalue weighted by atomic mass is 32.2. The molecule has 3 rings (SSSR count). The molecule has 0 aliphatic rings. The third-order valence-electron chi connectivity index (χ3n) is 2.38. The Morgan fingerprint density at radius 1 is 1.53 bits per heavy atom. The average molecular weight is 266 g/mol. The van der Waals surface area contributed by atoms with Gasteiger partial charge in [-0.1, -0.05) is 0 Å². The predicted molar refractivity (Wildman–Crippen MR) is 66.1 cm³/mol. The lowest BCUT2D eigenvalue weighted by molar-refractivity contribution is 0.684. The van der Waals surface area contributed by atoms with Crippen LogP contribution < -0.4 is 5.73 Å². The monoisotopic (exact) mass is 266 g/mol. The highest BCUT2D eigenvalue weighted by Gasteiger charge is 2.15. The number of fused-ring (bicyclic) bond motifs is 1. The van der Waals surface area contributed by atoms with Crippen LogP contribution in [-0.2, 0) is 13.6 Å². The molecule has 0 radical (unpaired) electrons. The van der Waals surface area contributed by atoms with Gasteiger partial charge in [0, 0.05) is 25.2 Å². The number of nitrogens with zero attached hydrogens (tertiary/aromatic N) is 5. The molecule has 3 aromatic rings. The third kappa shape index (κ3) is 1.74. The zero-order chi connectivity index (χ0) is 11.8. The number of nitrogens with two attached hydrogens (primary N) is 1. The van der Waals surface area contributed by atoms with Crippen molar-refractivity contribution < 1.29 is 0 Å². The fourth-order valence-corrected chi connectivity index (χ4v) is 3.22. The topological polar surface area (TPSA) is 74.0 Å². The summed E-state index contributed by atoms with van der Waals surface area (Å²) in [6.07, 6.45) is 3.51.